The lowest BCUT2D eigenvalue weighted by molar-refractivity contribution is -0.197. The highest BCUT2D eigenvalue weighted by molar-refractivity contribution is 6.01. The molecular formula is C16H23N3O5. The van der Waals surface area contributed by atoms with Crippen LogP contribution < -0.4 is 0 Å². The number of carbonyl (C=O) groups is 4. The van der Waals surface area contributed by atoms with E-state index in [4.69, 9.17) is 4.84 Å². The molecule has 0 aromatic heterocycles. The molecule has 0 atom stereocenters. The molecule has 24 heavy (non-hydrogen) atoms. The smallest absolute Gasteiger partial charge is 0.330 e. The number of hydrogen-bond donors (Lipinski definition) is 0. The van der Waals surface area contributed by atoms with Crippen molar-refractivity contribution in [1.29, 1.82) is 0 Å². The van der Waals surface area contributed by atoms with Crippen molar-refractivity contribution in [1.82, 2.24) is 5.06 Å². The Balaban J connectivity index is 1.46. The number of carbonyl (C=O) groups excluding carboxylic acids is 4. The number of Topliss-reactive ketones (excluding diaryl/α,β-unsaturated/α-hetero) is 1. The van der Waals surface area contributed by atoms with Gasteiger partial charge in [-0.2, -0.15) is 10.2 Å². The Hall–Kier alpha value is -2.12. The molecule has 2 aliphatic heterocycles. The predicted octanol–water partition coefficient (Wildman–Crippen LogP) is 2.47. The molecule has 1 fully saturated rings. The summed E-state index contributed by atoms with van der Waals surface area (Å²) in [5.74, 6) is -1.28. The molecule has 0 aliphatic carbocycles. The number of rotatable bonds is 11. The number of amides is 2. The molecule has 132 valence electrons. The van der Waals surface area contributed by atoms with Gasteiger partial charge in [-0.25, -0.2) is 4.79 Å². The topological polar surface area (TPSA) is 105 Å². The second-order valence-corrected chi connectivity index (χ2v) is 6.42. The van der Waals surface area contributed by atoms with Crippen molar-refractivity contribution >= 4 is 23.6 Å². The molecule has 2 aliphatic rings. The minimum absolute atomic E-state index is 0.0987. The Bertz CT molecular complexity index is 536. The van der Waals surface area contributed by atoms with Crippen molar-refractivity contribution in [2.45, 2.75) is 76.8 Å². The molecule has 0 spiro atoms. The zero-order valence-corrected chi connectivity index (χ0v) is 14.0. The molecule has 2 heterocycles. The van der Waals surface area contributed by atoms with Crippen LogP contribution in [0.3, 0.4) is 0 Å². The van der Waals surface area contributed by atoms with Crippen LogP contribution in [0.15, 0.2) is 10.2 Å². The van der Waals surface area contributed by atoms with Crippen LogP contribution in [0.1, 0.15) is 71.1 Å². The van der Waals surface area contributed by atoms with Crippen molar-refractivity contribution in [3.63, 3.8) is 0 Å². The highest BCUT2D eigenvalue weighted by atomic mass is 16.7. The highest BCUT2D eigenvalue weighted by Crippen LogP contribution is 2.32. The second-order valence-electron chi connectivity index (χ2n) is 6.42. The van der Waals surface area contributed by atoms with Crippen LogP contribution in [0.2, 0.25) is 0 Å². The molecule has 0 saturated carbocycles. The fourth-order valence-corrected chi connectivity index (χ4v) is 2.44. The summed E-state index contributed by atoms with van der Waals surface area (Å²) < 4.78 is 0. The quantitative estimate of drug-likeness (QED) is 0.425. The van der Waals surface area contributed by atoms with Gasteiger partial charge in [-0.05, 0) is 19.8 Å². The third-order valence-corrected chi connectivity index (χ3v) is 4.10. The van der Waals surface area contributed by atoms with Crippen LogP contribution in [0.25, 0.3) is 0 Å². The molecule has 0 aromatic carbocycles. The maximum absolute atomic E-state index is 11.7. The monoisotopic (exact) mass is 337 g/mol. The molecule has 0 bridgehead atoms. The van der Waals surface area contributed by atoms with Gasteiger partial charge in [0, 0.05) is 38.5 Å². The van der Waals surface area contributed by atoms with Gasteiger partial charge in [-0.15, -0.1) is 5.06 Å². The number of hydrogen-bond acceptors (Lipinski definition) is 7. The molecule has 1 saturated heterocycles. The lowest BCUT2D eigenvalue weighted by atomic mass is 10.0. The standard InChI is InChI=1S/C16H23N3O5/c1-16(17-18-16)11-10-12(20)6-4-2-3-5-7-15(23)24-19-13(21)8-9-14(19)22/h2-11H2,1H3. The van der Waals surface area contributed by atoms with Gasteiger partial charge in [0.15, 0.2) is 5.66 Å². The van der Waals surface area contributed by atoms with Crippen LogP contribution in [-0.4, -0.2) is 34.3 Å². The molecule has 0 aromatic rings. The van der Waals surface area contributed by atoms with E-state index in [9.17, 15) is 19.2 Å². The van der Waals surface area contributed by atoms with Crippen molar-refractivity contribution in [2.75, 3.05) is 0 Å². The summed E-state index contributed by atoms with van der Waals surface area (Å²) in [5.41, 5.74) is -0.311. The molecule has 8 nitrogen and oxygen atoms in total. The SMILES string of the molecule is CC1(CCC(=O)CCCCCCC(=O)ON2C(=O)CCC2=O)N=N1. The first-order valence-corrected chi connectivity index (χ1v) is 8.42. The zero-order chi connectivity index (χ0) is 17.6. The Morgan fingerprint density at radius 3 is 2.17 bits per heavy atom. The first-order chi connectivity index (χ1) is 11.4. The maximum atomic E-state index is 11.7. The Morgan fingerprint density at radius 1 is 1.00 bits per heavy atom. The van der Waals surface area contributed by atoms with Crippen molar-refractivity contribution < 1.29 is 24.0 Å². The number of imide groups is 1. The van der Waals surface area contributed by atoms with E-state index >= 15 is 0 Å². The molecule has 2 rings (SSSR count). The zero-order valence-electron chi connectivity index (χ0n) is 14.0. The summed E-state index contributed by atoms with van der Waals surface area (Å²) in [5, 5.41) is 8.32. The fourth-order valence-electron chi connectivity index (χ4n) is 2.44. The van der Waals surface area contributed by atoms with E-state index < -0.39 is 17.8 Å². The van der Waals surface area contributed by atoms with Gasteiger partial charge in [-0.3, -0.25) is 14.4 Å². The van der Waals surface area contributed by atoms with Gasteiger partial charge in [-0.1, -0.05) is 12.8 Å². The average molecular weight is 337 g/mol. The van der Waals surface area contributed by atoms with Crippen LogP contribution >= 0.6 is 0 Å². The number of nitrogens with zero attached hydrogens (tertiary/aromatic N) is 3. The number of unbranched alkanes of at least 4 members (excludes halogenated alkanes) is 3. The van der Waals surface area contributed by atoms with Gasteiger partial charge in [0.05, 0.1) is 0 Å². The van der Waals surface area contributed by atoms with E-state index in [1.807, 2.05) is 6.92 Å². The lowest BCUT2D eigenvalue weighted by Gasteiger charge is -2.12. The van der Waals surface area contributed by atoms with Gasteiger partial charge >= 0.3 is 5.97 Å². The van der Waals surface area contributed by atoms with Gasteiger partial charge in [0.25, 0.3) is 11.8 Å². The Morgan fingerprint density at radius 2 is 1.58 bits per heavy atom. The van der Waals surface area contributed by atoms with Crippen molar-refractivity contribution in [2.24, 2.45) is 10.2 Å². The maximum Gasteiger partial charge on any atom is 0.333 e. The normalized spacial score (nSPS) is 18.1. The minimum Gasteiger partial charge on any atom is -0.330 e. The number of ketones is 1. The summed E-state index contributed by atoms with van der Waals surface area (Å²) in [6.45, 7) is 1.91. The molecule has 0 unspecified atom stereocenters. The van der Waals surface area contributed by atoms with E-state index in [1.54, 1.807) is 0 Å². The molecule has 8 heteroatoms. The van der Waals surface area contributed by atoms with E-state index in [0.717, 1.165) is 19.3 Å². The minimum atomic E-state index is -0.570. The predicted molar refractivity (Wildman–Crippen MR) is 82.4 cm³/mol. The first kappa shape index (κ1) is 18.2. The molecule has 2 amide bonds. The summed E-state index contributed by atoms with van der Waals surface area (Å²) in [6, 6.07) is 0. The summed E-state index contributed by atoms with van der Waals surface area (Å²) in [4.78, 5) is 50.6. The van der Waals surface area contributed by atoms with Gasteiger partial charge in [0.2, 0.25) is 0 Å². The van der Waals surface area contributed by atoms with Crippen LogP contribution in [0.5, 0.6) is 0 Å². The Labute approximate surface area is 140 Å². The van der Waals surface area contributed by atoms with Crippen LogP contribution in [0.4, 0.5) is 0 Å². The van der Waals surface area contributed by atoms with E-state index in [0.29, 0.717) is 30.7 Å². The average Bonchev–Trinajstić information content (AvgIpc) is 3.21. The molecule has 0 radical (unpaired) electrons. The lowest BCUT2D eigenvalue weighted by Crippen LogP contribution is -2.31. The highest BCUT2D eigenvalue weighted by Gasteiger charge is 2.34. The third-order valence-electron chi connectivity index (χ3n) is 4.10. The number of hydroxylamine groups is 2. The van der Waals surface area contributed by atoms with Crippen molar-refractivity contribution in [3.8, 4) is 0 Å². The van der Waals surface area contributed by atoms with Crippen molar-refractivity contribution in [3.05, 3.63) is 0 Å². The fraction of sp³-hybridized carbons (Fsp3) is 0.750. The summed E-state index contributed by atoms with van der Waals surface area (Å²) >= 11 is 0. The Kier molecular flexibility index (Phi) is 6.16. The summed E-state index contributed by atoms with van der Waals surface area (Å²) in [6.07, 6.45) is 5.15. The van der Waals surface area contributed by atoms with Gasteiger partial charge < -0.3 is 4.84 Å². The van der Waals surface area contributed by atoms with Crippen LogP contribution in [-0.2, 0) is 24.0 Å². The first-order valence-electron chi connectivity index (χ1n) is 8.42. The third kappa shape index (κ3) is 5.82. The van der Waals surface area contributed by atoms with E-state index in [1.165, 1.54) is 0 Å². The van der Waals surface area contributed by atoms with E-state index in [2.05, 4.69) is 10.2 Å². The largest absolute Gasteiger partial charge is 0.333 e. The molecular weight excluding hydrogens is 314 g/mol. The van der Waals surface area contributed by atoms with Crippen LogP contribution in [0, 0.1) is 0 Å². The summed E-state index contributed by atoms with van der Waals surface area (Å²) in [7, 11) is 0. The van der Waals surface area contributed by atoms with E-state index in [-0.39, 0.29) is 30.7 Å². The molecule has 0 N–H and O–H groups in total. The second kappa shape index (κ2) is 8.12. The van der Waals surface area contributed by atoms with Gasteiger partial charge in [0.1, 0.15) is 5.78 Å².